The van der Waals surface area contributed by atoms with Crippen molar-refractivity contribution in [1.82, 2.24) is 0 Å². The Kier molecular flexibility index (Phi) is 2.46. The highest BCUT2D eigenvalue weighted by Gasteiger charge is 2.55. The average Bonchev–Trinajstić information content (AvgIpc) is 2.49. The van der Waals surface area contributed by atoms with Crippen LogP contribution in [0.4, 0.5) is 0 Å². The predicted octanol–water partition coefficient (Wildman–Crippen LogP) is -0.603. The Labute approximate surface area is 87.1 Å². The van der Waals surface area contributed by atoms with Gasteiger partial charge in [-0.05, 0) is 13.8 Å². The van der Waals surface area contributed by atoms with Crippen LogP contribution in [0.15, 0.2) is 0 Å². The molecule has 0 saturated carbocycles. The van der Waals surface area contributed by atoms with Crippen molar-refractivity contribution in [3.05, 3.63) is 0 Å². The van der Waals surface area contributed by atoms with E-state index in [9.17, 15) is 9.90 Å². The normalized spacial score (nSPS) is 43.6. The van der Waals surface area contributed by atoms with E-state index in [1.807, 2.05) is 0 Å². The van der Waals surface area contributed by atoms with Gasteiger partial charge < -0.3 is 24.1 Å². The summed E-state index contributed by atoms with van der Waals surface area (Å²) in [4.78, 5) is 10.7. The maximum atomic E-state index is 10.7. The molecule has 2 heterocycles. The molecule has 3 unspecified atom stereocenters. The molecule has 0 amide bonds. The third kappa shape index (κ3) is 1.74. The molecule has 2 saturated heterocycles. The summed E-state index contributed by atoms with van der Waals surface area (Å²) in [6.07, 6.45) is -3.07. The Morgan fingerprint density at radius 1 is 1.33 bits per heavy atom. The monoisotopic (exact) mass is 218 g/mol. The molecule has 1 N–H and O–H groups in total. The zero-order chi connectivity index (χ0) is 11.2. The maximum absolute atomic E-state index is 10.7. The summed E-state index contributed by atoms with van der Waals surface area (Å²) in [5.74, 6) is -1.43. The second-order valence-corrected chi connectivity index (χ2v) is 4.05. The fraction of sp³-hybridized carbons (Fsp3) is 0.889. The second-order valence-electron chi connectivity index (χ2n) is 4.05. The number of aliphatic hydroxyl groups is 1. The van der Waals surface area contributed by atoms with Crippen LogP contribution < -0.4 is 0 Å². The van der Waals surface area contributed by atoms with E-state index in [0.717, 1.165) is 0 Å². The number of hydrogen-bond donors (Lipinski definition) is 1. The largest absolute Gasteiger partial charge is 0.454 e. The molecule has 86 valence electrons. The molecule has 0 aromatic rings. The first-order chi connectivity index (χ1) is 6.94. The van der Waals surface area contributed by atoms with Crippen LogP contribution in [-0.4, -0.2) is 48.6 Å². The number of carbonyl (C=O) groups excluding carboxylic acids is 1. The Morgan fingerprint density at radius 3 is 2.47 bits per heavy atom. The van der Waals surface area contributed by atoms with Crippen LogP contribution in [0.1, 0.15) is 13.8 Å². The van der Waals surface area contributed by atoms with Crippen molar-refractivity contribution < 1.29 is 28.8 Å². The van der Waals surface area contributed by atoms with E-state index in [4.69, 9.17) is 18.9 Å². The van der Waals surface area contributed by atoms with Gasteiger partial charge in [0.1, 0.15) is 0 Å². The lowest BCUT2D eigenvalue weighted by atomic mass is 10.0. The molecule has 0 bridgehead atoms. The standard InChI is InChI=1S/C9H14O6/c1-9(2)14-6(8(12-3)15-9)5-4(10)7(11)13-5/h4-6,8,10H,1-3H3/t4?,5?,6?,8-/m1/s1. The summed E-state index contributed by atoms with van der Waals surface area (Å²) in [6.45, 7) is 3.46. The summed E-state index contributed by atoms with van der Waals surface area (Å²) in [7, 11) is 1.47. The lowest BCUT2D eigenvalue weighted by Crippen LogP contribution is -2.58. The number of cyclic esters (lactones) is 1. The van der Waals surface area contributed by atoms with Crippen molar-refractivity contribution in [2.45, 2.75) is 44.2 Å². The summed E-state index contributed by atoms with van der Waals surface area (Å²) >= 11 is 0. The van der Waals surface area contributed by atoms with E-state index < -0.39 is 36.4 Å². The van der Waals surface area contributed by atoms with Crippen LogP contribution in [-0.2, 0) is 23.7 Å². The van der Waals surface area contributed by atoms with Crippen molar-refractivity contribution in [2.75, 3.05) is 7.11 Å². The van der Waals surface area contributed by atoms with E-state index in [1.165, 1.54) is 7.11 Å². The minimum atomic E-state index is -1.15. The molecule has 2 fully saturated rings. The third-order valence-corrected chi connectivity index (χ3v) is 2.45. The first-order valence-corrected chi connectivity index (χ1v) is 4.71. The number of rotatable bonds is 2. The molecule has 0 spiro atoms. The fourth-order valence-electron chi connectivity index (χ4n) is 1.74. The van der Waals surface area contributed by atoms with E-state index in [0.29, 0.717) is 0 Å². The van der Waals surface area contributed by atoms with E-state index in [-0.39, 0.29) is 0 Å². The zero-order valence-corrected chi connectivity index (χ0v) is 8.80. The molecule has 6 heteroatoms. The van der Waals surface area contributed by atoms with Crippen LogP contribution in [0.25, 0.3) is 0 Å². The summed E-state index contributed by atoms with van der Waals surface area (Å²) < 4.78 is 20.7. The van der Waals surface area contributed by atoms with Crippen molar-refractivity contribution in [2.24, 2.45) is 0 Å². The number of carbonyl (C=O) groups is 1. The Bertz CT molecular complexity index is 276. The molecule has 0 aromatic heterocycles. The molecule has 0 aromatic carbocycles. The number of esters is 1. The van der Waals surface area contributed by atoms with Gasteiger partial charge in [0.15, 0.2) is 30.4 Å². The van der Waals surface area contributed by atoms with Crippen molar-refractivity contribution in [1.29, 1.82) is 0 Å². The van der Waals surface area contributed by atoms with Gasteiger partial charge in [-0.2, -0.15) is 0 Å². The third-order valence-electron chi connectivity index (χ3n) is 2.45. The number of hydrogen-bond acceptors (Lipinski definition) is 6. The minimum absolute atomic E-state index is 0.585. The molecule has 15 heavy (non-hydrogen) atoms. The zero-order valence-electron chi connectivity index (χ0n) is 8.80. The molecule has 2 aliphatic heterocycles. The second kappa shape index (κ2) is 3.41. The SMILES string of the molecule is CO[C@@H]1OC(C)(C)OC1C1OC(=O)C1O. The van der Waals surface area contributed by atoms with Crippen LogP contribution in [0.5, 0.6) is 0 Å². The van der Waals surface area contributed by atoms with Crippen LogP contribution in [0.3, 0.4) is 0 Å². The van der Waals surface area contributed by atoms with Gasteiger partial charge in [-0.1, -0.05) is 0 Å². The maximum Gasteiger partial charge on any atom is 0.339 e. The van der Waals surface area contributed by atoms with E-state index in [1.54, 1.807) is 13.8 Å². The van der Waals surface area contributed by atoms with Gasteiger partial charge in [-0.25, -0.2) is 4.79 Å². The van der Waals surface area contributed by atoms with Crippen molar-refractivity contribution in [3.8, 4) is 0 Å². The van der Waals surface area contributed by atoms with Gasteiger partial charge in [0.05, 0.1) is 0 Å². The van der Waals surface area contributed by atoms with Gasteiger partial charge in [0.25, 0.3) is 0 Å². The quantitative estimate of drug-likeness (QED) is 0.624. The summed E-state index contributed by atoms with van der Waals surface area (Å²) in [5, 5.41) is 9.35. The van der Waals surface area contributed by atoms with E-state index in [2.05, 4.69) is 0 Å². The van der Waals surface area contributed by atoms with Crippen LogP contribution >= 0.6 is 0 Å². The number of methoxy groups -OCH3 is 1. The fourth-order valence-corrected chi connectivity index (χ4v) is 1.74. The van der Waals surface area contributed by atoms with E-state index >= 15 is 0 Å². The van der Waals surface area contributed by atoms with Crippen LogP contribution in [0, 0.1) is 0 Å². The Hall–Kier alpha value is -0.690. The molecule has 2 rings (SSSR count). The van der Waals surface area contributed by atoms with Gasteiger partial charge in [-0.3, -0.25) is 0 Å². The van der Waals surface area contributed by atoms with Gasteiger partial charge in [-0.15, -0.1) is 0 Å². The minimum Gasteiger partial charge on any atom is -0.454 e. The average molecular weight is 218 g/mol. The van der Waals surface area contributed by atoms with Crippen molar-refractivity contribution in [3.63, 3.8) is 0 Å². The lowest BCUT2D eigenvalue weighted by molar-refractivity contribution is -0.225. The van der Waals surface area contributed by atoms with Gasteiger partial charge in [0.2, 0.25) is 0 Å². The van der Waals surface area contributed by atoms with Crippen LogP contribution in [0.2, 0.25) is 0 Å². The molecule has 0 aliphatic carbocycles. The highest BCUT2D eigenvalue weighted by molar-refractivity contribution is 5.80. The van der Waals surface area contributed by atoms with Crippen molar-refractivity contribution >= 4 is 5.97 Å². The molecule has 2 aliphatic rings. The highest BCUT2D eigenvalue weighted by Crippen LogP contribution is 2.35. The number of ether oxygens (including phenoxy) is 4. The number of aliphatic hydroxyl groups excluding tert-OH is 1. The van der Waals surface area contributed by atoms with Gasteiger partial charge in [0, 0.05) is 7.11 Å². The Balaban J connectivity index is 2.06. The first-order valence-electron chi connectivity index (χ1n) is 4.71. The molecular weight excluding hydrogens is 204 g/mol. The summed E-state index contributed by atoms with van der Waals surface area (Å²) in [5.41, 5.74) is 0. The highest BCUT2D eigenvalue weighted by atomic mass is 16.8. The summed E-state index contributed by atoms with van der Waals surface area (Å²) in [6, 6.07) is 0. The smallest absolute Gasteiger partial charge is 0.339 e. The molecule has 6 nitrogen and oxygen atoms in total. The molecule has 4 atom stereocenters. The topological polar surface area (TPSA) is 74.2 Å². The first kappa shape index (κ1) is 10.8. The lowest BCUT2D eigenvalue weighted by Gasteiger charge is -2.35. The predicted molar refractivity (Wildman–Crippen MR) is 46.7 cm³/mol. The van der Waals surface area contributed by atoms with Gasteiger partial charge >= 0.3 is 5.97 Å². The molecular formula is C9H14O6. The Morgan fingerprint density at radius 2 is 2.00 bits per heavy atom. The molecule has 0 radical (unpaired) electrons.